The van der Waals surface area contributed by atoms with Gasteiger partial charge in [0, 0.05) is 12.8 Å². The van der Waals surface area contributed by atoms with Crippen molar-refractivity contribution < 1.29 is 24.5 Å². The molecule has 3 N–H and O–H groups in total. The third-order valence-electron chi connectivity index (χ3n) is 13.8. The van der Waals surface area contributed by atoms with Gasteiger partial charge < -0.3 is 20.3 Å². The Balaban J connectivity index is 3.40. The highest BCUT2D eigenvalue weighted by Gasteiger charge is 2.18. The summed E-state index contributed by atoms with van der Waals surface area (Å²) >= 11 is 0. The first-order valence-electron chi connectivity index (χ1n) is 29.5. The Morgan fingerprint density at radius 2 is 0.708 bits per heavy atom. The summed E-state index contributed by atoms with van der Waals surface area (Å²) in [6.07, 6.45) is 65.2. The topological polar surface area (TPSA) is 95.9 Å². The van der Waals surface area contributed by atoms with Gasteiger partial charge in [0.25, 0.3) is 0 Å². The minimum atomic E-state index is -0.846. The lowest BCUT2D eigenvalue weighted by atomic mass is 10.0. The zero-order valence-corrected chi connectivity index (χ0v) is 44.0. The van der Waals surface area contributed by atoms with E-state index < -0.39 is 12.1 Å². The van der Waals surface area contributed by atoms with E-state index >= 15 is 0 Å². The molecule has 0 fully saturated rings. The molecule has 0 aliphatic rings. The minimum absolute atomic E-state index is 0.0104. The van der Waals surface area contributed by atoms with Gasteiger partial charge in [0.2, 0.25) is 5.91 Å². The molecule has 0 aliphatic carbocycles. The second-order valence-electron chi connectivity index (χ2n) is 20.3. The van der Waals surface area contributed by atoms with E-state index in [9.17, 15) is 19.8 Å². The van der Waals surface area contributed by atoms with E-state index in [2.05, 4.69) is 19.2 Å². The normalized spacial score (nSPS) is 12.6. The minimum Gasteiger partial charge on any atom is -0.466 e. The van der Waals surface area contributed by atoms with Crippen molar-refractivity contribution in [1.29, 1.82) is 0 Å². The van der Waals surface area contributed by atoms with Crippen LogP contribution in [0.5, 0.6) is 0 Å². The predicted octanol–water partition coefficient (Wildman–Crippen LogP) is 18.1. The van der Waals surface area contributed by atoms with Crippen molar-refractivity contribution in [2.75, 3.05) is 13.2 Å². The van der Waals surface area contributed by atoms with Gasteiger partial charge in [0.1, 0.15) is 0 Å². The molecule has 0 bridgehead atoms. The molecular weight excluding hydrogens is 803 g/mol. The number of nitrogens with one attached hydrogen (secondary N) is 1. The van der Waals surface area contributed by atoms with Crippen molar-refractivity contribution in [3.05, 3.63) is 12.2 Å². The number of rotatable bonds is 55. The summed E-state index contributed by atoms with van der Waals surface area (Å²) in [6, 6.07) is -0.629. The third kappa shape index (κ3) is 51.8. The van der Waals surface area contributed by atoms with E-state index in [4.69, 9.17) is 4.74 Å². The summed E-state index contributed by atoms with van der Waals surface area (Å²) in [5, 5.41) is 23.1. The lowest BCUT2D eigenvalue weighted by Crippen LogP contribution is -2.45. The van der Waals surface area contributed by atoms with Crippen LogP contribution in [0.1, 0.15) is 328 Å². The second-order valence-corrected chi connectivity index (χ2v) is 20.3. The van der Waals surface area contributed by atoms with Crippen LogP contribution in [-0.4, -0.2) is 47.4 Å². The number of carbonyl (C=O) groups is 2. The highest BCUT2D eigenvalue weighted by molar-refractivity contribution is 5.76. The SMILES string of the molecule is CCCCCCCCCCCCCC/C=C/C(O)C(CO)NC(=O)CCCCCCCCCCCCCCCCCCCCOC(=O)CCCCCCCCCCCCCCCCCC. The monoisotopic (exact) mass is 918 g/mol. The Morgan fingerprint density at radius 3 is 1.05 bits per heavy atom. The summed E-state index contributed by atoms with van der Waals surface area (Å²) in [4.78, 5) is 24.5. The highest BCUT2D eigenvalue weighted by atomic mass is 16.5. The number of aliphatic hydroxyl groups excluding tert-OH is 2. The molecule has 2 atom stereocenters. The number of aliphatic hydroxyl groups is 2. The van der Waals surface area contributed by atoms with Gasteiger partial charge in [0.15, 0.2) is 0 Å². The number of unbranched alkanes of at least 4 members (excludes halogenated alkanes) is 44. The van der Waals surface area contributed by atoms with E-state index in [1.165, 1.54) is 263 Å². The van der Waals surface area contributed by atoms with Crippen LogP contribution < -0.4 is 5.32 Å². The number of hydrogen-bond donors (Lipinski definition) is 3. The van der Waals surface area contributed by atoms with Crippen molar-refractivity contribution in [2.24, 2.45) is 0 Å². The van der Waals surface area contributed by atoms with Crippen molar-refractivity contribution in [2.45, 2.75) is 341 Å². The first-order valence-corrected chi connectivity index (χ1v) is 29.5. The molecule has 386 valence electrons. The molecule has 0 aliphatic heterocycles. The Hall–Kier alpha value is -1.40. The second kappa shape index (κ2) is 55.2. The first kappa shape index (κ1) is 63.6. The maximum absolute atomic E-state index is 12.4. The first-order chi connectivity index (χ1) is 32.0. The number of carbonyl (C=O) groups excluding carboxylic acids is 2. The summed E-state index contributed by atoms with van der Waals surface area (Å²) in [5.41, 5.74) is 0. The molecule has 0 aromatic carbocycles. The molecule has 0 aromatic heterocycles. The molecule has 0 saturated heterocycles. The molecule has 6 nitrogen and oxygen atoms in total. The van der Waals surface area contributed by atoms with E-state index in [-0.39, 0.29) is 18.5 Å². The fourth-order valence-electron chi connectivity index (χ4n) is 9.28. The van der Waals surface area contributed by atoms with Gasteiger partial charge in [-0.05, 0) is 32.1 Å². The molecule has 0 radical (unpaired) electrons. The molecule has 0 rings (SSSR count). The summed E-state index contributed by atoms with van der Waals surface area (Å²) < 4.78 is 5.49. The van der Waals surface area contributed by atoms with Crippen LogP contribution in [0, 0.1) is 0 Å². The van der Waals surface area contributed by atoms with Gasteiger partial charge >= 0.3 is 5.97 Å². The molecule has 0 aromatic rings. The van der Waals surface area contributed by atoms with E-state index in [0.717, 1.165) is 38.5 Å². The van der Waals surface area contributed by atoms with Crippen LogP contribution in [0.3, 0.4) is 0 Å². The number of ether oxygens (including phenoxy) is 1. The average molecular weight is 919 g/mol. The summed E-state index contributed by atoms with van der Waals surface area (Å²) in [6.45, 7) is 4.92. The standard InChI is InChI=1S/C59H115NO5/c1-3-5-7-9-11-13-15-17-19-25-29-33-37-41-45-49-53-59(64)65-54-50-46-42-38-34-30-26-23-21-20-22-24-28-32-36-40-44-48-52-58(63)60-56(55-61)57(62)51-47-43-39-35-31-27-18-16-14-12-10-8-6-4-2/h47,51,56-57,61-62H,3-46,48-50,52-55H2,1-2H3,(H,60,63)/b51-47+. The van der Waals surface area contributed by atoms with Crippen molar-refractivity contribution in [1.82, 2.24) is 5.32 Å². The molecule has 0 spiro atoms. The number of allylic oxidation sites excluding steroid dienone is 1. The fraction of sp³-hybridized carbons (Fsp3) is 0.932. The maximum atomic E-state index is 12.4. The van der Waals surface area contributed by atoms with Crippen LogP contribution in [0.2, 0.25) is 0 Å². The van der Waals surface area contributed by atoms with Gasteiger partial charge in [-0.1, -0.05) is 296 Å². The Labute approximate surface area is 406 Å². The molecule has 65 heavy (non-hydrogen) atoms. The van der Waals surface area contributed by atoms with Crippen LogP contribution in [0.4, 0.5) is 0 Å². The fourth-order valence-corrected chi connectivity index (χ4v) is 9.28. The van der Waals surface area contributed by atoms with E-state index in [0.29, 0.717) is 19.4 Å². The quantitative estimate of drug-likeness (QED) is 0.0321. The predicted molar refractivity (Wildman–Crippen MR) is 283 cm³/mol. The van der Waals surface area contributed by atoms with Gasteiger partial charge in [0.05, 0.1) is 25.4 Å². The largest absolute Gasteiger partial charge is 0.466 e. The Kier molecular flexibility index (Phi) is 54.0. The van der Waals surface area contributed by atoms with Crippen molar-refractivity contribution in [3.63, 3.8) is 0 Å². The average Bonchev–Trinajstić information content (AvgIpc) is 3.31. The molecule has 2 unspecified atom stereocenters. The van der Waals surface area contributed by atoms with E-state index in [1.807, 2.05) is 6.08 Å². The molecule has 1 amide bonds. The highest BCUT2D eigenvalue weighted by Crippen LogP contribution is 2.17. The zero-order valence-electron chi connectivity index (χ0n) is 44.0. The van der Waals surface area contributed by atoms with Crippen LogP contribution >= 0.6 is 0 Å². The number of hydrogen-bond acceptors (Lipinski definition) is 5. The van der Waals surface area contributed by atoms with Gasteiger partial charge in [-0.25, -0.2) is 0 Å². The third-order valence-corrected chi connectivity index (χ3v) is 13.8. The smallest absolute Gasteiger partial charge is 0.305 e. The molecule has 6 heteroatoms. The van der Waals surface area contributed by atoms with Gasteiger partial charge in [-0.3, -0.25) is 9.59 Å². The lowest BCUT2D eigenvalue weighted by molar-refractivity contribution is -0.143. The van der Waals surface area contributed by atoms with Crippen LogP contribution in [0.25, 0.3) is 0 Å². The number of amides is 1. The zero-order chi connectivity index (χ0) is 47.2. The Bertz CT molecular complexity index is 970. The summed E-state index contributed by atoms with van der Waals surface area (Å²) in [7, 11) is 0. The Morgan fingerprint density at radius 1 is 0.415 bits per heavy atom. The molecular formula is C59H115NO5. The number of esters is 1. The molecule has 0 heterocycles. The van der Waals surface area contributed by atoms with Crippen molar-refractivity contribution in [3.8, 4) is 0 Å². The van der Waals surface area contributed by atoms with Crippen molar-refractivity contribution >= 4 is 11.9 Å². The van der Waals surface area contributed by atoms with Crippen LogP contribution in [-0.2, 0) is 14.3 Å². The van der Waals surface area contributed by atoms with E-state index in [1.54, 1.807) is 6.08 Å². The molecule has 0 saturated carbocycles. The van der Waals surface area contributed by atoms with Gasteiger partial charge in [-0.2, -0.15) is 0 Å². The lowest BCUT2D eigenvalue weighted by Gasteiger charge is -2.20. The summed E-state index contributed by atoms with van der Waals surface area (Å²) in [5.74, 6) is -0.0599. The van der Waals surface area contributed by atoms with Crippen LogP contribution in [0.15, 0.2) is 12.2 Å². The maximum Gasteiger partial charge on any atom is 0.305 e. The van der Waals surface area contributed by atoms with Gasteiger partial charge in [-0.15, -0.1) is 0 Å².